The van der Waals surface area contributed by atoms with Crippen molar-refractivity contribution in [3.8, 4) is 5.75 Å². The summed E-state index contributed by atoms with van der Waals surface area (Å²) in [5.41, 5.74) is 0.889. The van der Waals surface area contributed by atoms with Gasteiger partial charge < -0.3 is 4.74 Å². The minimum Gasteiger partial charge on any atom is -0.494 e. The van der Waals surface area contributed by atoms with E-state index in [2.05, 4.69) is 26.9 Å². The summed E-state index contributed by atoms with van der Waals surface area (Å²) < 4.78 is 43.6. The first-order chi connectivity index (χ1) is 13.3. The minimum atomic E-state index is -4.43. The van der Waals surface area contributed by atoms with Crippen molar-refractivity contribution < 1.29 is 17.9 Å². The van der Waals surface area contributed by atoms with Crippen molar-refractivity contribution in [1.29, 1.82) is 0 Å². The van der Waals surface area contributed by atoms with Crippen LogP contribution < -0.4 is 4.74 Å². The van der Waals surface area contributed by atoms with E-state index in [1.54, 1.807) is 0 Å². The molecule has 0 atom stereocenters. The molecule has 8 heteroatoms. The highest BCUT2D eigenvalue weighted by molar-refractivity contribution is 6.31. The molecule has 0 N–H and O–H groups in total. The summed E-state index contributed by atoms with van der Waals surface area (Å²) in [7, 11) is 0. The number of rotatable bonds is 6. The van der Waals surface area contributed by atoms with Crippen LogP contribution in [0.25, 0.3) is 0 Å². The molecule has 0 saturated carbocycles. The van der Waals surface area contributed by atoms with Crippen LogP contribution >= 0.6 is 11.6 Å². The lowest BCUT2D eigenvalue weighted by Gasteiger charge is -2.34. The van der Waals surface area contributed by atoms with E-state index in [1.807, 2.05) is 19.1 Å². The van der Waals surface area contributed by atoms with Gasteiger partial charge in [-0.25, -0.2) is 0 Å². The van der Waals surface area contributed by atoms with Gasteiger partial charge in [0.2, 0.25) is 0 Å². The zero-order valence-electron chi connectivity index (χ0n) is 15.7. The highest BCUT2D eigenvalue weighted by atomic mass is 35.5. The third-order valence-electron chi connectivity index (χ3n) is 4.72. The molecule has 0 spiro atoms. The van der Waals surface area contributed by atoms with Crippen LogP contribution in [0.15, 0.2) is 36.5 Å². The van der Waals surface area contributed by atoms with Crippen LogP contribution in [0.5, 0.6) is 5.75 Å². The fourth-order valence-electron chi connectivity index (χ4n) is 3.17. The van der Waals surface area contributed by atoms with E-state index < -0.39 is 11.7 Å². The van der Waals surface area contributed by atoms with E-state index in [1.165, 1.54) is 5.56 Å². The number of nitrogens with zero attached hydrogens (tertiary/aromatic N) is 3. The molecule has 1 fully saturated rings. The van der Waals surface area contributed by atoms with Crippen LogP contribution in [0, 0.1) is 0 Å². The molecule has 1 saturated heterocycles. The lowest BCUT2D eigenvalue weighted by atomic mass is 10.2. The molecule has 1 aliphatic heterocycles. The number of aromatic nitrogens is 1. The van der Waals surface area contributed by atoms with Gasteiger partial charge in [0, 0.05) is 45.5 Å². The highest BCUT2D eigenvalue weighted by Gasteiger charge is 2.31. The molecular weight excluding hydrogens is 391 g/mol. The molecule has 3 rings (SSSR count). The number of hydrogen-bond donors (Lipinski definition) is 0. The van der Waals surface area contributed by atoms with Crippen LogP contribution in [-0.2, 0) is 19.3 Å². The van der Waals surface area contributed by atoms with Crippen molar-refractivity contribution in [2.75, 3.05) is 32.8 Å². The van der Waals surface area contributed by atoms with Gasteiger partial charge >= 0.3 is 6.18 Å². The topological polar surface area (TPSA) is 28.6 Å². The van der Waals surface area contributed by atoms with Crippen LogP contribution in [0.3, 0.4) is 0 Å². The van der Waals surface area contributed by atoms with E-state index in [0.29, 0.717) is 18.8 Å². The van der Waals surface area contributed by atoms with Gasteiger partial charge in [-0.05, 0) is 30.7 Å². The van der Waals surface area contributed by atoms with Crippen molar-refractivity contribution in [2.45, 2.75) is 26.2 Å². The molecule has 1 aromatic heterocycles. The molecule has 0 amide bonds. The lowest BCUT2D eigenvalue weighted by molar-refractivity contribution is -0.137. The van der Waals surface area contributed by atoms with E-state index in [0.717, 1.165) is 50.7 Å². The van der Waals surface area contributed by atoms with Crippen molar-refractivity contribution >= 4 is 11.6 Å². The van der Waals surface area contributed by atoms with Crippen molar-refractivity contribution in [3.05, 3.63) is 58.4 Å². The zero-order chi connectivity index (χ0) is 20.1. The summed E-state index contributed by atoms with van der Waals surface area (Å²) in [6.07, 6.45) is -3.58. The SMILES string of the molecule is CCOc1ccc(CN2CCN(Cc3ncc(C(F)(F)F)cc3Cl)CC2)cc1. The third kappa shape index (κ3) is 5.59. The Morgan fingerprint density at radius 3 is 2.18 bits per heavy atom. The first-order valence-electron chi connectivity index (χ1n) is 9.23. The quantitative estimate of drug-likeness (QED) is 0.698. The van der Waals surface area contributed by atoms with Crippen LogP contribution in [0.2, 0.25) is 5.02 Å². The van der Waals surface area contributed by atoms with Crippen LogP contribution in [-0.4, -0.2) is 47.6 Å². The maximum absolute atomic E-state index is 12.7. The fourth-order valence-corrected chi connectivity index (χ4v) is 3.40. The fraction of sp³-hybridized carbons (Fsp3) is 0.450. The number of piperazine rings is 1. The number of alkyl halides is 3. The number of pyridine rings is 1. The van der Waals surface area contributed by atoms with Gasteiger partial charge in [0.15, 0.2) is 0 Å². The monoisotopic (exact) mass is 413 g/mol. The Bertz CT molecular complexity index is 775. The van der Waals surface area contributed by atoms with Gasteiger partial charge in [-0.15, -0.1) is 0 Å². The van der Waals surface area contributed by atoms with Gasteiger partial charge in [-0.1, -0.05) is 23.7 Å². The number of halogens is 4. The average Bonchev–Trinajstić information content (AvgIpc) is 2.66. The summed E-state index contributed by atoms with van der Waals surface area (Å²) in [5, 5.41) is 0.0617. The Morgan fingerprint density at radius 1 is 1.04 bits per heavy atom. The number of ether oxygens (including phenoxy) is 1. The molecule has 1 aliphatic rings. The largest absolute Gasteiger partial charge is 0.494 e. The molecule has 28 heavy (non-hydrogen) atoms. The summed E-state index contributed by atoms with van der Waals surface area (Å²) in [6, 6.07) is 9.05. The average molecular weight is 414 g/mol. The Labute approximate surface area is 167 Å². The minimum absolute atomic E-state index is 0.0617. The Hall–Kier alpha value is -1.83. The Balaban J connectivity index is 1.50. The van der Waals surface area contributed by atoms with Crippen LogP contribution in [0.4, 0.5) is 13.2 Å². The predicted octanol–water partition coefficient (Wildman–Crippen LogP) is 4.47. The molecule has 2 aromatic rings. The van der Waals surface area contributed by atoms with Crippen molar-refractivity contribution in [2.24, 2.45) is 0 Å². The second-order valence-corrected chi connectivity index (χ2v) is 7.19. The second kappa shape index (κ2) is 9.11. The van der Waals surface area contributed by atoms with Crippen molar-refractivity contribution in [1.82, 2.24) is 14.8 Å². The predicted molar refractivity (Wildman–Crippen MR) is 102 cm³/mol. The third-order valence-corrected chi connectivity index (χ3v) is 5.05. The molecule has 0 unspecified atom stereocenters. The summed E-state index contributed by atoms with van der Waals surface area (Å²) in [6.45, 7) is 7.32. The summed E-state index contributed by atoms with van der Waals surface area (Å²) in [5.74, 6) is 0.872. The standard InChI is InChI=1S/C20H23ClF3N3O/c1-2-28-17-5-3-15(4-6-17)13-26-7-9-27(10-8-26)14-19-18(21)11-16(12-25-19)20(22,23)24/h3-6,11-12H,2,7-10,13-14H2,1H3. The molecule has 1 aromatic carbocycles. The van der Waals surface area contributed by atoms with Crippen molar-refractivity contribution in [3.63, 3.8) is 0 Å². The summed E-state index contributed by atoms with van der Waals surface area (Å²) >= 11 is 6.02. The molecule has 152 valence electrons. The van der Waals surface area contributed by atoms with E-state index in [9.17, 15) is 13.2 Å². The van der Waals surface area contributed by atoms with Gasteiger partial charge in [0.05, 0.1) is 22.9 Å². The molecule has 0 bridgehead atoms. The smallest absolute Gasteiger partial charge is 0.417 e. The lowest BCUT2D eigenvalue weighted by Crippen LogP contribution is -2.45. The first kappa shape index (κ1) is 20.9. The summed E-state index contributed by atoms with van der Waals surface area (Å²) in [4.78, 5) is 8.45. The molecule has 4 nitrogen and oxygen atoms in total. The maximum Gasteiger partial charge on any atom is 0.417 e. The van der Waals surface area contributed by atoms with Gasteiger partial charge in [0.1, 0.15) is 5.75 Å². The van der Waals surface area contributed by atoms with E-state index in [-0.39, 0.29) is 5.02 Å². The second-order valence-electron chi connectivity index (χ2n) is 6.78. The Morgan fingerprint density at radius 2 is 1.64 bits per heavy atom. The van der Waals surface area contributed by atoms with E-state index in [4.69, 9.17) is 16.3 Å². The van der Waals surface area contributed by atoms with Crippen LogP contribution in [0.1, 0.15) is 23.7 Å². The van der Waals surface area contributed by atoms with E-state index >= 15 is 0 Å². The normalized spacial score (nSPS) is 16.3. The Kier molecular flexibility index (Phi) is 6.80. The molecule has 0 radical (unpaired) electrons. The molecular formula is C20H23ClF3N3O. The van der Waals surface area contributed by atoms with Gasteiger partial charge in [-0.3, -0.25) is 14.8 Å². The highest BCUT2D eigenvalue weighted by Crippen LogP contribution is 2.31. The first-order valence-corrected chi connectivity index (χ1v) is 9.61. The number of hydrogen-bond acceptors (Lipinski definition) is 4. The maximum atomic E-state index is 12.7. The number of benzene rings is 1. The zero-order valence-corrected chi connectivity index (χ0v) is 16.4. The van der Waals surface area contributed by atoms with Gasteiger partial charge in [0.25, 0.3) is 0 Å². The molecule has 0 aliphatic carbocycles. The van der Waals surface area contributed by atoms with Gasteiger partial charge in [-0.2, -0.15) is 13.2 Å². The molecule has 2 heterocycles.